The van der Waals surface area contributed by atoms with E-state index in [1.165, 1.54) is 24.3 Å². The average molecular weight is 210 g/mol. The van der Waals surface area contributed by atoms with Crippen molar-refractivity contribution in [2.75, 3.05) is 25.6 Å². The highest BCUT2D eigenvalue weighted by molar-refractivity contribution is 5.68. The third-order valence-electron chi connectivity index (χ3n) is 1.77. The Balaban J connectivity index is 2.86. The van der Waals surface area contributed by atoms with Crippen molar-refractivity contribution >= 4 is 17.5 Å². The summed E-state index contributed by atoms with van der Waals surface area (Å²) < 4.78 is 18.1. The zero-order valence-corrected chi connectivity index (χ0v) is 8.29. The molecule has 15 heavy (non-hydrogen) atoms. The van der Waals surface area contributed by atoms with Crippen molar-refractivity contribution in [1.82, 2.24) is 0 Å². The second-order valence-corrected chi connectivity index (χ2v) is 2.76. The predicted octanol–water partition coefficient (Wildman–Crippen LogP) is 1.85. The summed E-state index contributed by atoms with van der Waals surface area (Å²) in [4.78, 5) is 13.5. The number of hydrogen-bond acceptors (Lipinski definition) is 4. The van der Waals surface area contributed by atoms with Gasteiger partial charge in [0.2, 0.25) is 6.08 Å². The summed E-state index contributed by atoms with van der Waals surface area (Å²) in [7, 11) is 1.55. The molecule has 1 rings (SSSR count). The van der Waals surface area contributed by atoms with Gasteiger partial charge in [-0.25, -0.2) is 9.18 Å². The maximum absolute atomic E-state index is 13.3. The monoisotopic (exact) mass is 210 g/mol. The van der Waals surface area contributed by atoms with Gasteiger partial charge in [0.15, 0.2) is 0 Å². The molecule has 0 amide bonds. The van der Waals surface area contributed by atoms with E-state index in [1.807, 2.05) is 0 Å². The number of nitrogens with zero attached hydrogens (tertiary/aromatic N) is 1. The van der Waals surface area contributed by atoms with E-state index in [4.69, 9.17) is 4.74 Å². The second-order valence-electron chi connectivity index (χ2n) is 2.76. The topological polar surface area (TPSA) is 50.7 Å². The largest absolute Gasteiger partial charge is 0.383 e. The number of rotatable bonds is 5. The zero-order valence-electron chi connectivity index (χ0n) is 8.29. The van der Waals surface area contributed by atoms with Crippen molar-refractivity contribution < 1.29 is 13.9 Å². The van der Waals surface area contributed by atoms with Gasteiger partial charge in [-0.05, 0) is 12.1 Å². The van der Waals surface area contributed by atoms with E-state index in [9.17, 15) is 9.18 Å². The van der Waals surface area contributed by atoms with Crippen LogP contribution < -0.4 is 5.32 Å². The van der Waals surface area contributed by atoms with Gasteiger partial charge in [-0.2, -0.15) is 4.99 Å². The standard InChI is InChI=1S/C10H11FN2O2/c1-15-6-5-12-10-8(11)3-2-4-9(10)13-7-14/h2-4,12H,5-6H2,1H3. The molecule has 0 radical (unpaired) electrons. The van der Waals surface area contributed by atoms with Crippen molar-refractivity contribution in [2.24, 2.45) is 4.99 Å². The number of benzene rings is 1. The van der Waals surface area contributed by atoms with E-state index in [2.05, 4.69) is 10.3 Å². The number of anilines is 1. The number of isocyanates is 1. The first-order valence-electron chi connectivity index (χ1n) is 4.38. The van der Waals surface area contributed by atoms with Crippen LogP contribution >= 0.6 is 0 Å². The Morgan fingerprint density at radius 2 is 2.40 bits per heavy atom. The average Bonchev–Trinajstić information content (AvgIpc) is 2.23. The van der Waals surface area contributed by atoms with Gasteiger partial charge in [-0.1, -0.05) is 6.07 Å². The predicted molar refractivity (Wildman–Crippen MR) is 54.5 cm³/mol. The van der Waals surface area contributed by atoms with Crippen LogP contribution in [0.5, 0.6) is 0 Å². The van der Waals surface area contributed by atoms with Gasteiger partial charge in [0.05, 0.1) is 12.3 Å². The number of methoxy groups -OCH3 is 1. The van der Waals surface area contributed by atoms with Crippen LogP contribution in [0.2, 0.25) is 0 Å². The molecule has 0 heterocycles. The van der Waals surface area contributed by atoms with E-state index < -0.39 is 5.82 Å². The first-order valence-corrected chi connectivity index (χ1v) is 4.38. The van der Waals surface area contributed by atoms with Gasteiger partial charge in [0.1, 0.15) is 11.5 Å². The minimum atomic E-state index is -0.456. The third kappa shape index (κ3) is 3.16. The van der Waals surface area contributed by atoms with Gasteiger partial charge in [0, 0.05) is 13.7 Å². The molecular formula is C10H11FN2O2. The molecule has 0 saturated carbocycles. The second kappa shape index (κ2) is 5.90. The quantitative estimate of drug-likeness (QED) is 0.458. The molecule has 0 saturated heterocycles. The Hall–Kier alpha value is -1.71. The highest BCUT2D eigenvalue weighted by Gasteiger charge is 2.06. The Kier molecular flexibility index (Phi) is 4.47. The first kappa shape index (κ1) is 11.4. The summed E-state index contributed by atoms with van der Waals surface area (Å²) in [5.74, 6) is -0.456. The molecule has 0 aliphatic carbocycles. The van der Waals surface area contributed by atoms with Gasteiger partial charge in [0.25, 0.3) is 0 Å². The fraction of sp³-hybridized carbons (Fsp3) is 0.300. The van der Waals surface area contributed by atoms with Crippen LogP contribution in [0.15, 0.2) is 23.2 Å². The summed E-state index contributed by atoms with van der Waals surface area (Å²) >= 11 is 0. The molecule has 0 unspecified atom stereocenters. The maximum Gasteiger partial charge on any atom is 0.240 e. The maximum atomic E-state index is 13.3. The lowest BCUT2D eigenvalue weighted by molar-refractivity contribution is 0.210. The van der Waals surface area contributed by atoms with Crippen LogP contribution in [-0.4, -0.2) is 26.3 Å². The number of carbonyl (C=O) groups excluding carboxylic acids is 1. The highest BCUT2D eigenvalue weighted by Crippen LogP contribution is 2.26. The molecule has 80 valence electrons. The molecule has 0 aliphatic heterocycles. The third-order valence-corrected chi connectivity index (χ3v) is 1.77. The number of ether oxygens (including phenoxy) is 1. The molecule has 5 heteroatoms. The van der Waals surface area contributed by atoms with E-state index in [-0.39, 0.29) is 11.4 Å². The fourth-order valence-corrected chi connectivity index (χ4v) is 1.11. The van der Waals surface area contributed by atoms with Crippen LogP contribution in [0.25, 0.3) is 0 Å². The molecule has 0 aromatic heterocycles. The number of halogens is 1. The molecular weight excluding hydrogens is 199 g/mol. The fourth-order valence-electron chi connectivity index (χ4n) is 1.11. The van der Waals surface area contributed by atoms with Crippen molar-refractivity contribution in [3.8, 4) is 0 Å². The van der Waals surface area contributed by atoms with Crippen molar-refractivity contribution in [2.45, 2.75) is 0 Å². The Morgan fingerprint density at radius 1 is 1.60 bits per heavy atom. The van der Waals surface area contributed by atoms with E-state index in [0.717, 1.165) is 0 Å². The minimum absolute atomic E-state index is 0.193. The van der Waals surface area contributed by atoms with Crippen LogP contribution in [0.3, 0.4) is 0 Å². The normalized spacial score (nSPS) is 9.47. The molecule has 0 bridgehead atoms. The van der Waals surface area contributed by atoms with Gasteiger partial charge in [-0.15, -0.1) is 0 Å². The molecule has 0 atom stereocenters. The molecule has 0 fully saturated rings. The Labute approximate surface area is 86.8 Å². The molecule has 0 aliphatic rings. The van der Waals surface area contributed by atoms with Gasteiger partial charge >= 0.3 is 0 Å². The van der Waals surface area contributed by atoms with Gasteiger partial charge < -0.3 is 10.1 Å². The number of nitrogens with one attached hydrogen (secondary N) is 1. The SMILES string of the molecule is COCCNc1c(F)cccc1N=C=O. The lowest BCUT2D eigenvalue weighted by Crippen LogP contribution is -2.08. The smallest absolute Gasteiger partial charge is 0.240 e. The van der Waals surface area contributed by atoms with Crippen LogP contribution in [0.4, 0.5) is 15.8 Å². The number of para-hydroxylation sites is 1. The Bertz CT molecular complexity index is 376. The summed E-state index contributed by atoms with van der Waals surface area (Å²) in [5.41, 5.74) is 0.430. The molecule has 1 aromatic carbocycles. The molecule has 0 spiro atoms. The van der Waals surface area contributed by atoms with E-state index >= 15 is 0 Å². The Morgan fingerprint density at radius 3 is 3.07 bits per heavy atom. The summed E-state index contributed by atoms with van der Waals surface area (Å²) in [6.45, 7) is 0.886. The molecule has 1 N–H and O–H groups in total. The first-order chi connectivity index (χ1) is 7.29. The van der Waals surface area contributed by atoms with Crippen molar-refractivity contribution in [1.29, 1.82) is 0 Å². The minimum Gasteiger partial charge on any atom is -0.383 e. The van der Waals surface area contributed by atoms with Crippen LogP contribution in [-0.2, 0) is 9.53 Å². The van der Waals surface area contributed by atoms with Crippen molar-refractivity contribution in [3.05, 3.63) is 24.0 Å². The van der Waals surface area contributed by atoms with Gasteiger partial charge in [-0.3, -0.25) is 0 Å². The van der Waals surface area contributed by atoms with E-state index in [1.54, 1.807) is 7.11 Å². The number of aliphatic imine (C=N–C) groups is 1. The molecule has 4 nitrogen and oxygen atoms in total. The summed E-state index contributed by atoms with van der Waals surface area (Å²) in [5, 5.41) is 2.79. The zero-order chi connectivity index (χ0) is 11.1. The number of hydrogen-bond donors (Lipinski definition) is 1. The highest BCUT2D eigenvalue weighted by atomic mass is 19.1. The van der Waals surface area contributed by atoms with Crippen LogP contribution in [0.1, 0.15) is 0 Å². The molecule has 1 aromatic rings. The summed E-state index contributed by atoms with van der Waals surface area (Å²) in [6.07, 6.45) is 1.38. The van der Waals surface area contributed by atoms with Crippen LogP contribution in [0, 0.1) is 5.82 Å². The lowest BCUT2D eigenvalue weighted by atomic mass is 10.2. The van der Waals surface area contributed by atoms with Crippen molar-refractivity contribution in [3.63, 3.8) is 0 Å². The van der Waals surface area contributed by atoms with E-state index in [0.29, 0.717) is 13.2 Å². The lowest BCUT2D eigenvalue weighted by Gasteiger charge is -2.08. The summed E-state index contributed by atoms with van der Waals surface area (Å²) in [6, 6.07) is 4.30.